The minimum atomic E-state index is -3.06. The Morgan fingerprint density at radius 1 is 1.00 bits per heavy atom. The van der Waals surface area contributed by atoms with Crippen LogP contribution >= 0.6 is 64.4 Å². The van der Waals surface area contributed by atoms with Crippen LogP contribution in [0.5, 0.6) is 5.75 Å². The summed E-state index contributed by atoms with van der Waals surface area (Å²) in [5.74, 6) is -5.36. The van der Waals surface area contributed by atoms with Gasteiger partial charge in [-0.05, 0) is 56.8 Å². The van der Waals surface area contributed by atoms with E-state index < -0.39 is 19.4 Å². The Bertz CT molecular complexity index is 1050. The van der Waals surface area contributed by atoms with Crippen LogP contribution in [0.15, 0.2) is 49.9 Å². The molecule has 0 saturated carbocycles. The molecule has 1 spiro atoms. The van der Waals surface area contributed by atoms with Gasteiger partial charge in [-0.15, -0.1) is 0 Å². The highest BCUT2D eigenvalue weighted by Gasteiger charge is 2.43. The van der Waals surface area contributed by atoms with Gasteiger partial charge in [-0.2, -0.15) is 13.5 Å². The molecule has 5 nitrogen and oxygen atoms in total. The van der Waals surface area contributed by atoms with Crippen LogP contribution in [0.1, 0.15) is 18.9 Å². The lowest BCUT2D eigenvalue weighted by Gasteiger charge is -2.39. The molecule has 2 aromatic carbocycles. The van der Waals surface area contributed by atoms with Crippen molar-refractivity contribution in [1.82, 2.24) is 4.67 Å². The zero-order valence-electron chi connectivity index (χ0n) is 13.6. The Balaban J connectivity index is 2.00. The average molecular weight is 490 g/mol. The SMILES string of the molecule is CCCN1Cc2ccc3ccccc3c2OP12=NP(Cl)(Cl)=NP(Cl)(Cl)=N2. The lowest BCUT2D eigenvalue weighted by atomic mass is 10.1. The number of hydrogen-bond acceptors (Lipinski definition) is 5. The van der Waals surface area contributed by atoms with Crippen molar-refractivity contribution in [3.63, 3.8) is 0 Å². The minimum absolute atomic E-state index is 0.621. The summed E-state index contributed by atoms with van der Waals surface area (Å²) in [4.78, 5) is 0. The summed E-state index contributed by atoms with van der Waals surface area (Å²) < 4.78 is 21.8. The van der Waals surface area contributed by atoms with E-state index >= 15 is 0 Å². The summed E-state index contributed by atoms with van der Waals surface area (Å²) in [6.45, 7) is 3.42. The fraction of sp³-hybridized carbons (Fsp3) is 0.286. The van der Waals surface area contributed by atoms with Crippen LogP contribution in [-0.2, 0) is 6.54 Å². The highest BCUT2D eigenvalue weighted by Crippen LogP contribution is 2.86. The minimum Gasteiger partial charge on any atom is -0.429 e. The predicted molar refractivity (Wildman–Crippen MR) is 117 cm³/mol. The third-order valence-corrected chi connectivity index (χ3v) is 15.7. The maximum atomic E-state index is 6.47. The lowest BCUT2D eigenvalue weighted by molar-refractivity contribution is 0.370. The molecule has 1 unspecified atom stereocenters. The molecule has 0 saturated heterocycles. The molecule has 26 heavy (non-hydrogen) atoms. The van der Waals surface area contributed by atoms with Crippen LogP contribution in [0.4, 0.5) is 0 Å². The summed E-state index contributed by atoms with van der Waals surface area (Å²) in [5, 5.41) is 2.07. The molecule has 0 amide bonds. The molecule has 4 rings (SSSR count). The van der Waals surface area contributed by atoms with Gasteiger partial charge in [0.15, 0.2) is 0 Å². The maximum absolute atomic E-state index is 6.47. The second-order valence-corrected chi connectivity index (χ2v) is 18.4. The Morgan fingerprint density at radius 3 is 2.46 bits per heavy atom. The monoisotopic (exact) mass is 488 g/mol. The second-order valence-electron chi connectivity index (χ2n) is 5.95. The third-order valence-electron chi connectivity index (χ3n) is 4.04. The Morgan fingerprint density at radius 2 is 1.73 bits per heavy atom. The van der Waals surface area contributed by atoms with Gasteiger partial charge in [-0.25, -0.2) is 4.67 Å². The quantitative estimate of drug-likeness (QED) is 0.394. The molecule has 1 atom stereocenters. The average Bonchev–Trinajstić information content (AvgIpc) is 2.53. The molecule has 2 heterocycles. The highest BCUT2D eigenvalue weighted by molar-refractivity contribution is 8.20. The molecule has 0 N–H and O–H groups in total. The first-order valence-electron chi connectivity index (χ1n) is 7.89. The summed E-state index contributed by atoms with van der Waals surface area (Å²) in [6, 6.07) is 12.2. The van der Waals surface area contributed by atoms with Crippen LogP contribution in [0.2, 0.25) is 0 Å². The zero-order valence-corrected chi connectivity index (χ0v) is 19.3. The van der Waals surface area contributed by atoms with Crippen molar-refractivity contribution < 1.29 is 4.52 Å². The smallest absolute Gasteiger partial charge is 0.333 e. The summed E-state index contributed by atoms with van der Waals surface area (Å²) in [5.41, 5.74) is 1.07. The van der Waals surface area contributed by atoms with Crippen LogP contribution in [-0.4, -0.2) is 11.2 Å². The lowest BCUT2D eigenvalue weighted by Crippen LogP contribution is -2.27. The van der Waals surface area contributed by atoms with Gasteiger partial charge in [0.1, 0.15) is 5.75 Å². The van der Waals surface area contributed by atoms with Gasteiger partial charge in [0.2, 0.25) is 0 Å². The number of nitrogens with zero attached hydrogens (tertiary/aromatic N) is 4. The molecule has 0 fully saturated rings. The zero-order chi connectivity index (χ0) is 18.6. The standard InChI is InChI=1S/C14H15Cl4N4OP3/c1-2-9-22-10-12-8-7-11-5-3-4-6-13(11)14(12)23-26(22)20-24(15,16)19-25(17,18)21-26/h3-8H,2,9-10H2,1H3. The second kappa shape index (κ2) is 6.97. The topological polar surface area (TPSA) is 49.5 Å². The Kier molecular flexibility index (Phi) is 5.26. The fourth-order valence-corrected chi connectivity index (χ4v) is 18.3. The third kappa shape index (κ3) is 3.63. The molecule has 0 bridgehead atoms. The van der Waals surface area contributed by atoms with Gasteiger partial charge in [0.05, 0.1) is 0 Å². The molecule has 2 aliphatic heterocycles. The fourth-order valence-electron chi connectivity index (χ4n) is 3.07. The van der Waals surface area contributed by atoms with E-state index in [0.29, 0.717) is 13.1 Å². The van der Waals surface area contributed by atoms with E-state index in [1.54, 1.807) is 0 Å². The van der Waals surface area contributed by atoms with Crippen molar-refractivity contribution in [2.24, 2.45) is 13.5 Å². The van der Waals surface area contributed by atoms with E-state index in [1.807, 2.05) is 24.3 Å². The molecular formula is C14H15Cl4N4OP3. The molecule has 0 aromatic heterocycles. The molecule has 140 valence electrons. The Labute approximate surface area is 171 Å². The summed E-state index contributed by atoms with van der Waals surface area (Å²) in [6.07, 6.45) is 0.891. The number of rotatable bonds is 2. The van der Waals surface area contributed by atoms with Gasteiger partial charge in [-0.3, -0.25) is 0 Å². The van der Waals surface area contributed by atoms with E-state index in [4.69, 9.17) is 49.5 Å². The molecular weight excluding hydrogens is 475 g/mol. The van der Waals surface area contributed by atoms with E-state index in [0.717, 1.165) is 28.5 Å². The van der Waals surface area contributed by atoms with Crippen molar-refractivity contribution >= 4 is 75.1 Å². The van der Waals surface area contributed by atoms with Gasteiger partial charge in [0, 0.05) is 24.0 Å². The van der Waals surface area contributed by atoms with E-state index in [-0.39, 0.29) is 0 Å². The molecule has 0 aliphatic carbocycles. The Hall–Kier alpha value is 0.310. The number of hydrogen-bond donors (Lipinski definition) is 0. The van der Waals surface area contributed by atoms with E-state index in [9.17, 15) is 0 Å². The predicted octanol–water partition coefficient (Wildman–Crippen LogP) is 9.25. The summed E-state index contributed by atoms with van der Waals surface area (Å²) in [7, 11) is -2.93. The van der Waals surface area contributed by atoms with Crippen LogP contribution < -0.4 is 4.52 Å². The van der Waals surface area contributed by atoms with Gasteiger partial charge >= 0.3 is 7.58 Å². The van der Waals surface area contributed by atoms with Crippen molar-refractivity contribution in [3.05, 3.63) is 42.0 Å². The van der Waals surface area contributed by atoms with Crippen molar-refractivity contribution in [2.45, 2.75) is 19.9 Å². The molecule has 12 heteroatoms. The van der Waals surface area contributed by atoms with E-state index in [2.05, 4.69) is 37.3 Å². The van der Waals surface area contributed by atoms with Crippen LogP contribution in [0.25, 0.3) is 10.8 Å². The highest BCUT2D eigenvalue weighted by atomic mass is 35.9. The largest absolute Gasteiger partial charge is 0.429 e. The maximum Gasteiger partial charge on any atom is 0.333 e. The van der Waals surface area contributed by atoms with E-state index in [1.165, 1.54) is 0 Å². The van der Waals surface area contributed by atoms with Crippen molar-refractivity contribution in [3.8, 4) is 5.75 Å². The van der Waals surface area contributed by atoms with Gasteiger partial charge < -0.3 is 4.52 Å². The first kappa shape index (κ1) is 19.6. The number of fused-ring (bicyclic) bond motifs is 3. The van der Waals surface area contributed by atoms with Gasteiger partial charge in [0.25, 0.3) is 11.8 Å². The van der Waals surface area contributed by atoms with Crippen LogP contribution in [0.3, 0.4) is 0 Å². The van der Waals surface area contributed by atoms with Crippen LogP contribution in [0, 0.1) is 0 Å². The normalized spacial score (nSPS) is 26.3. The van der Waals surface area contributed by atoms with Crippen molar-refractivity contribution in [1.29, 1.82) is 0 Å². The molecule has 2 aliphatic rings. The van der Waals surface area contributed by atoms with Crippen molar-refractivity contribution in [2.75, 3.05) is 6.54 Å². The number of halogens is 4. The first-order chi connectivity index (χ1) is 12.2. The molecule has 2 aromatic rings. The first-order valence-corrected chi connectivity index (χ1v) is 16.5. The molecule has 0 radical (unpaired) electrons. The summed E-state index contributed by atoms with van der Waals surface area (Å²) >= 11 is 25.4. The number of benzene rings is 2. The van der Waals surface area contributed by atoms with Gasteiger partial charge in [-0.1, -0.05) is 43.3 Å².